The first kappa shape index (κ1) is 21.9. The summed E-state index contributed by atoms with van der Waals surface area (Å²) < 4.78 is 7.65. The third-order valence-corrected chi connectivity index (χ3v) is 5.63. The van der Waals surface area contributed by atoms with Crippen LogP contribution in [0.4, 0.5) is 5.69 Å². The normalized spacial score (nSPS) is 10.6. The SMILES string of the molecule is C=CCn1c(COc2ccc(Cl)cc2)nnc1SCC(=O)Nc1ccc(C)c(C)c1. The summed E-state index contributed by atoms with van der Waals surface area (Å²) in [6.45, 7) is 8.62. The summed E-state index contributed by atoms with van der Waals surface area (Å²) in [6.07, 6.45) is 1.76. The maximum Gasteiger partial charge on any atom is 0.234 e. The highest BCUT2D eigenvalue weighted by Gasteiger charge is 2.14. The first-order valence-corrected chi connectivity index (χ1v) is 10.7. The summed E-state index contributed by atoms with van der Waals surface area (Å²) >= 11 is 7.22. The van der Waals surface area contributed by atoms with Gasteiger partial charge in [-0.25, -0.2) is 0 Å². The molecule has 0 aliphatic heterocycles. The topological polar surface area (TPSA) is 69.0 Å². The number of rotatable bonds is 9. The Hall–Kier alpha value is -2.77. The van der Waals surface area contributed by atoms with Gasteiger partial charge in [0.15, 0.2) is 11.0 Å². The van der Waals surface area contributed by atoms with Crippen molar-refractivity contribution < 1.29 is 9.53 Å². The third-order valence-electron chi connectivity index (χ3n) is 4.41. The van der Waals surface area contributed by atoms with Crippen molar-refractivity contribution in [3.05, 3.63) is 77.1 Å². The number of thioether (sulfide) groups is 1. The van der Waals surface area contributed by atoms with Gasteiger partial charge in [0.2, 0.25) is 5.91 Å². The van der Waals surface area contributed by atoms with E-state index in [1.165, 1.54) is 17.3 Å². The number of halogens is 1. The Kier molecular flexibility index (Phi) is 7.54. The van der Waals surface area contributed by atoms with Gasteiger partial charge in [0.1, 0.15) is 12.4 Å². The summed E-state index contributed by atoms with van der Waals surface area (Å²) in [5.74, 6) is 1.46. The zero-order valence-corrected chi connectivity index (χ0v) is 18.5. The molecule has 3 aromatic rings. The second kappa shape index (κ2) is 10.3. The molecule has 3 rings (SSSR count). The Labute approximate surface area is 185 Å². The average Bonchev–Trinajstić information content (AvgIpc) is 3.11. The Morgan fingerprint density at radius 1 is 1.20 bits per heavy atom. The Morgan fingerprint density at radius 2 is 1.97 bits per heavy atom. The first-order valence-electron chi connectivity index (χ1n) is 9.37. The summed E-state index contributed by atoms with van der Waals surface area (Å²) in [7, 11) is 0. The van der Waals surface area contributed by atoms with Gasteiger partial charge in [-0.1, -0.05) is 35.5 Å². The quantitative estimate of drug-likeness (QED) is 0.371. The monoisotopic (exact) mass is 442 g/mol. The van der Waals surface area contributed by atoms with E-state index in [0.717, 1.165) is 11.3 Å². The van der Waals surface area contributed by atoms with Crippen LogP contribution < -0.4 is 10.1 Å². The fourth-order valence-corrected chi connectivity index (χ4v) is 3.56. The van der Waals surface area contributed by atoms with Gasteiger partial charge in [-0.15, -0.1) is 16.8 Å². The molecular weight excluding hydrogens is 420 g/mol. The number of benzene rings is 2. The predicted octanol–water partition coefficient (Wildman–Crippen LogP) is 5.04. The molecule has 156 valence electrons. The summed E-state index contributed by atoms with van der Waals surface area (Å²) in [5.41, 5.74) is 3.11. The van der Waals surface area contributed by atoms with Crippen molar-refractivity contribution in [2.75, 3.05) is 11.1 Å². The largest absolute Gasteiger partial charge is 0.486 e. The zero-order chi connectivity index (χ0) is 21.5. The number of anilines is 1. The Morgan fingerprint density at radius 3 is 2.67 bits per heavy atom. The minimum absolute atomic E-state index is 0.102. The zero-order valence-electron chi connectivity index (χ0n) is 16.9. The highest BCUT2D eigenvalue weighted by Crippen LogP contribution is 2.21. The molecule has 0 bridgehead atoms. The molecule has 0 spiro atoms. The number of carbonyl (C=O) groups is 1. The van der Waals surface area contributed by atoms with E-state index in [2.05, 4.69) is 22.1 Å². The molecule has 0 unspecified atom stereocenters. The van der Waals surface area contributed by atoms with E-state index in [0.29, 0.717) is 28.3 Å². The third kappa shape index (κ3) is 5.87. The van der Waals surface area contributed by atoms with E-state index in [4.69, 9.17) is 16.3 Å². The van der Waals surface area contributed by atoms with Crippen molar-refractivity contribution in [2.45, 2.75) is 32.2 Å². The lowest BCUT2D eigenvalue weighted by Crippen LogP contribution is -2.15. The van der Waals surface area contributed by atoms with E-state index < -0.39 is 0 Å². The van der Waals surface area contributed by atoms with E-state index in [1.807, 2.05) is 36.6 Å². The van der Waals surface area contributed by atoms with Crippen LogP contribution in [0.3, 0.4) is 0 Å². The molecule has 0 aliphatic rings. The van der Waals surface area contributed by atoms with Crippen molar-refractivity contribution in [2.24, 2.45) is 0 Å². The van der Waals surface area contributed by atoms with Gasteiger partial charge in [0, 0.05) is 17.3 Å². The number of aryl methyl sites for hydroxylation is 2. The van der Waals surface area contributed by atoms with Crippen molar-refractivity contribution in [3.8, 4) is 5.75 Å². The number of hydrogen-bond acceptors (Lipinski definition) is 5. The first-order chi connectivity index (χ1) is 14.5. The molecule has 6 nitrogen and oxygen atoms in total. The molecule has 30 heavy (non-hydrogen) atoms. The van der Waals surface area contributed by atoms with Gasteiger partial charge in [-0.3, -0.25) is 9.36 Å². The van der Waals surface area contributed by atoms with Crippen LogP contribution in [0.25, 0.3) is 0 Å². The van der Waals surface area contributed by atoms with Gasteiger partial charge in [-0.2, -0.15) is 0 Å². The standard InChI is InChI=1S/C22H23ClN4O2S/c1-4-11-27-20(13-29-19-9-6-17(23)7-10-19)25-26-22(27)30-14-21(28)24-18-8-5-15(2)16(3)12-18/h4-10,12H,1,11,13-14H2,2-3H3,(H,24,28). The van der Waals surface area contributed by atoms with Crippen molar-refractivity contribution in [1.29, 1.82) is 0 Å². The van der Waals surface area contributed by atoms with Crippen LogP contribution in [-0.4, -0.2) is 26.4 Å². The number of nitrogens with zero attached hydrogens (tertiary/aromatic N) is 3. The van der Waals surface area contributed by atoms with Crippen LogP contribution >= 0.6 is 23.4 Å². The lowest BCUT2D eigenvalue weighted by Gasteiger charge is -2.10. The van der Waals surface area contributed by atoms with Gasteiger partial charge in [0.05, 0.1) is 5.75 Å². The van der Waals surface area contributed by atoms with Crippen LogP contribution in [0, 0.1) is 13.8 Å². The minimum Gasteiger partial charge on any atom is -0.486 e. The van der Waals surface area contributed by atoms with Crippen LogP contribution in [0.15, 0.2) is 60.3 Å². The van der Waals surface area contributed by atoms with Crippen LogP contribution in [0.1, 0.15) is 17.0 Å². The van der Waals surface area contributed by atoms with Gasteiger partial charge < -0.3 is 10.1 Å². The van der Waals surface area contributed by atoms with Crippen molar-refractivity contribution in [1.82, 2.24) is 14.8 Å². The van der Waals surface area contributed by atoms with E-state index in [-0.39, 0.29) is 18.3 Å². The summed E-state index contributed by atoms with van der Waals surface area (Å²) in [5, 5.41) is 12.6. The van der Waals surface area contributed by atoms with E-state index >= 15 is 0 Å². The predicted molar refractivity (Wildman–Crippen MR) is 121 cm³/mol. The molecule has 0 radical (unpaired) electrons. The van der Waals surface area contributed by atoms with Gasteiger partial charge in [0.25, 0.3) is 0 Å². The Balaban J connectivity index is 1.60. The summed E-state index contributed by atoms with van der Waals surface area (Å²) in [6, 6.07) is 13.0. The molecule has 0 fully saturated rings. The Bertz CT molecular complexity index is 1030. The molecular formula is C22H23ClN4O2S. The molecule has 0 saturated heterocycles. The number of aromatic nitrogens is 3. The van der Waals surface area contributed by atoms with Crippen molar-refractivity contribution >= 4 is 35.0 Å². The van der Waals surface area contributed by atoms with Crippen molar-refractivity contribution in [3.63, 3.8) is 0 Å². The average molecular weight is 443 g/mol. The lowest BCUT2D eigenvalue weighted by molar-refractivity contribution is -0.113. The smallest absolute Gasteiger partial charge is 0.234 e. The van der Waals surface area contributed by atoms with E-state index in [1.54, 1.807) is 30.3 Å². The molecule has 0 saturated carbocycles. The number of hydrogen-bond donors (Lipinski definition) is 1. The fraction of sp³-hybridized carbons (Fsp3) is 0.227. The van der Waals surface area contributed by atoms with Gasteiger partial charge in [-0.05, 0) is 61.4 Å². The molecule has 1 N–H and O–H groups in total. The van der Waals surface area contributed by atoms with Crippen LogP contribution in [0.5, 0.6) is 5.75 Å². The molecule has 0 atom stereocenters. The van der Waals surface area contributed by atoms with Crippen LogP contribution in [-0.2, 0) is 17.9 Å². The molecule has 1 amide bonds. The number of amides is 1. The fourth-order valence-electron chi connectivity index (χ4n) is 2.67. The number of allylic oxidation sites excluding steroid dienone is 1. The maximum absolute atomic E-state index is 12.4. The molecule has 0 aliphatic carbocycles. The molecule has 8 heteroatoms. The highest BCUT2D eigenvalue weighted by molar-refractivity contribution is 7.99. The number of nitrogens with one attached hydrogen (secondary N) is 1. The number of ether oxygens (including phenoxy) is 1. The van der Waals surface area contributed by atoms with Gasteiger partial charge >= 0.3 is 0 Å². The second-order valence-corrected chi connectivity index (χ2v) is 8.06. The van der Waals surface area contributed by atoms with E-state index in [9.17, 15) is 4.79 Å². The molecule has 1 aromatic heterocycles. The molecule has 1 heterocycles. The maximum atomic E-state index is 12.4. The number of carbonyl (C=O) groups excluding carboxylic acids is 1. The molecule has 2 aromatic carbocycles. The minimum atomic E-state index is -0.102. The highest BCUT2D eigenvalue weighted by atomic mass is 35.5. The van der Waals surface area contributed by atoms with Crippen LogP contribution in [0.2, 0.25) is 5.02 Å². The summed E-state index contributed by atoms with van der Waals surface area (Å²) in [4.78, 5) is 12.4. The lowest BCUT2D eigenvalue weighted by atomic mass is 10.1. The second-order valence-electron chi connectivity index (χ2n) is 6.68.